The Bertz CT molecular complexity index is 760. The topological polar surface area (TPSA) is 102 Å². The van der Waals surface area contributed by atoms with Crippen LogP contribution in [0.2, 0.25) is 0 Å². The summed E-state index contributed by atoms with van der Waals surface area (Å²) in [6, 6.07) is 4.62. The molecule has 3 N–H and O–H groups in total. The van der Waals surface area contributed by atoms with Crippen molar-refractivity contribution in [2.24, 2.45) is 11.7 Å². The molecule has 1 saturated heterocycles. The van der Waals surface area contributed by atoms with Crippen LogP contribution in [0.1, 0.15) is 42.5 Å². The predicted octanol–water partition coefficient (Wildman–Crippen LogP) is 1.34. The minimum absolute atomic E-state index is 0.0493. The molecule has 1 aromatic carbocycles. The van der Waals surface area contributed by atoms with E-state index in [2.05, 4.69) is 5.32 Å². The number of amides is 1. The van der Waals surface area contributed by atoms with Gasteiger partial charge in [-0.25, -0.2) is 8.42 Å². The lowest BCUT2D eigenvalue weighted by atomic mass is 10.0. The minimum Gasteiger partial charge on any atom is -0.495 e. The van der Waals surface area contributed by atoms with E-state index in [4.69, 9.17) is 10.5 Å². The number of rotatable bonds is 6. The molecule has 8 heteroatoms. The summed E-state index contributed by atoms with van der Waals surface area (Å²) < 4.78 is 32.6. The van der Waals surface area contributed by atoms with E-state index in [-0.39, 0.29) is 28.5 Å². The van der Waals surface area contributed by atoms with Gasteiger partial charge in [0.1, 0.15) is 10.6 Å². The van der Waals surface area contributed by atoms with Crippen LogP contribution in [0, 0.1) is 5.92 Å². The maximum atomic E-state index is 12.9. The maximum Gasteiger partial charge on any atom is 0.251 e. The molecule has 7 nitrogen and oxygen atoms in total. The van der Waals surface area contributed by atoms with E-state index in [1.165, 1.54) is 17.5 Å². The second kappa shape index (κ2) is 7.94. The molecule has 2 fully saturated rings. The molecule has 1 aliphatic carbocycles. The Morgan fingerprint density at radius 2 is 2.00 bits per heavy atom. The van der Waals surface area contributed by atoms with Gasteiger partial charge >= 0.3 is 0 Å². The van der Waals surface area contributed by atoms with Gasteiger partial charge in [0, 0.05) is 24.7 Å². The summed E-state index contributed by atoms with van der Waals surface area (Å²) in [5.41, 5.74) is 6.10. The van der Waals surface area contributed by atoms with Gasteiger partial charge in [-0.2, -0.15) is 4.31 Å². The van der Waals surface area contributed by atoms with Gasteiger partial charge in [-0.15, -0.1) is 0 Å². The Kier molecular flexibility index (Phi) is 5.84. The van der Waals surface area contributed by atoms with Crippen LogP contribution in [0.25, 0.3) is 0 Å². The van der Waals surface area contributed by atoms with Crippen molar-refractivity contribution in [1.82, 2.24) is 9.62 Å². The SMILES string of the molecule is COc1ccc(C(=O)NC2CCCC2CN)cc1S(=O)(=O)N1CCCC1. The molecule has 0 aromatic heterocycles. The number of carbonyl (C=O) groups excluding carboxylic acids is 1. The molecule has 26 heavy (non-hydrogen) atoms. The highest BCUT2D eigenvalue weighted by Crippen LogP contribution is 2.30. The molecule has 1 aliphatic heterocycles. The molecule has 1 heterocycles. The zero-order chi connectivity index (χ0) is 18.7. The van der Waals surface area contributed by atoms with Crippen molar-refractivity contribution < 1.29 is 17.9 Å². The fourth-order valence-electron chi connectivity index (χ4n) is 3.85. The van der Waals surface area contributed by atoms with E-state index in [0.717, 1.165) is 32.1 Å². The fourth-order valence-corrected chi connectivity index (χ4v) is 5.55. The predicted molar refractivity (Wildman–Crippen MR) is 98.6 cm³/mol. The summed E-state index contributed by atoms with van der Waals surface area (Å²) in [5.74, 6) is 0.273. The molecule has 0 bridgehead atoms. The number of hydrogen-bond donors (Lipinski definition) is 2. The Morgan fingerprint density at radius 1 is 1.27 bits per heavy atom. The van der Waals surface area contributed by atoms with E-state index >= 15 is 0 Å². The number of nitrogens with one attached hydrogen (secondary N) is 1. The highest BCUT2D eigenvalue weighted by Gasteiger charge is 2.32. The number of ether oxygens (including phenoxy) is 1. The van der Waals surface area contributed by atoms with Crippen molar-refractivity contribution in [3.05, 3.63) is 23.8 Å². The van der Waals surface area contributed by atoms with Crippen molar-refractivity contribution in [3.8, 4) is 5.75 Å². The minimum atomic E-state index is -3.67. The summed E-state index contributed by atoms with van der Waals surface area (Å²) in [6.07, 6.45) is 4.67. The highest BCUT2D eigenvalue weighted by atomic mass is 32.2. The quantitative estimate of drug-likeness (QED) is 0.774. The molecule has 144 valence electrons. The first-order chi connectivity index (χ1) is 12.5. The number of carbonyl (C=O) groups is 1. The first kappa shape index (κ1) is 19.1. The Morgan fingerprint density at radius 3 is 2.65 bits per heavy atom. The second-order valence-electron chi connectivity index (χ2n) is 6.98. The van der Waals surface area contributed by atoms with Crippen LogP contribution >= 0.6 is 0 Å². The normalized spacial score (nSPS) is 23.9. The molecule has 2 unspecified atom stereocenters. The van der Waals surface area contributed by atoms with Crippen LogP contribution in [-0.2, 0) is 10.0 Å². The third-order valence-corrected chi connectivity index (χ3v) is 7.31. The molecule has 1 aromatic rings. The number of nitrogens with two attached hydrogens (primary N) is 1. The van der Waals surface area contributed by atoms with Crippen LogP contribution in [0.5, 0.6) is 5.75 Å². The zero-order valence-corrected chi connectivity index (χ0v) is 15.9. The first-order valence-corrected chi connectivity index (χ1v) is 10.6. The average molecular weight is 381 g/mol. The summed E-state index contributed by atoms with van der Waals surface area (Å²) in [6.45, 7) is 1.55. The number of methoxy groups -OCH3 is 1. The van der Waals surface area contributed by atoms with E-state index in [0.29, 0.717) is 25.2 Å². The van der Waals surface area contributed by atoms with E-state index in [1.54, 1.807) is 12.1 Å². The monoisotopic (exact) mass is 381 g/mol. The fraction of sp³-hybridized carbons (Fsp3) is 0.611. The van der Waals surface area contributed by atoms with Gasteiger partial charge in [0.2, 0.25) is 10.0 Å². The van der Waals surface area contributed by atoms with Crippen molar-refractivity contribution in [1.29, 1.82) is 0 Å². The van der Waals surface area contributed by atoms with Gasteiger partial charge in [-0.05, 0) is 56.3 Å². The van der Waals surface area contributed by atoms with Crippen molar-refractivity contribution in [2.75, 3.05) is 26.7 Å². The Hall–Kier alpha value is -1.64. The molecule has 2 atom stereocenters. The van der Waals surface area contributed by atoms with E-state index in [1.807, 2.05) is 0 Å². The van der Waals surface area contributed by atoms with Crippen LogP contribution in [0.4, 0.5) is 0 Å². The summed E-state index contributed by atoms with van der Waals surface area (Å²) >= 11 is 0. The van der Waals surface area contributed by atoms with Gasteiger partial charge in [-0.1, -0.05) is 6.42 Å². The largest absolute Gasteiger partial charge is 0.495 e. The molecule has 1 amide bonds. The lowest BCUT2D eigenvalue weighted by Crippen LogP contribution is -2.40. The zero-order valence-electron chi connectivity index (χ0n) is 15.1. The van der Waals surface area contributed by atoms with Crippen LogP contribution in [0.3, 0.4) is 0 Å². The number of sulfonamides is 1. The van der Waals surface area contributed by atoms with Gasteiger partial charge in [-0.3, -0.25) is 4.79 Å². The van der Waals surface area contributed by atoms with Crippen molar-refractivity contribution >= 4 is 15.9 Å². The molecular weight excluding hydrogens is 354 g/mol. The van der Waals surface area contributed by atoms with Crippen LogP contribution in [-0.4, -0.2) is 51.4 Å². The van der Waals surface area contributed by atoms with Crippen LogP contribution < -0.4 is 15.8 Å². The Labute approximate surface area is 154 Å². The lowest BCUT2D eigenvalue weighted by Gasteiger charge is -2.21. The smallest absolute Gasteiger partial charge is 0.251 e. The van der Waals surface area contributed by atoms with Crippen molar-refractivity contribution in [2.45, 2.75) is 43.0 Å². The van der Waals surface area contributed by atoms with Crippen molar-refractivity contribution in [3.63, 3.8) is 0 Å². The maximum absolute atomic E-state index is 12.9. The standard InChI is InChI=1S/C18H27N3O4S/c1-25-16-8-7-13(18(22)20-15-6-4-5-14(15)12-19)11-17(16)26(23,24)21-9-2-3-10-21/h7-8,11,14-15H,2-6,9-10,12,19H2,1H3,(H,20,22). The van der Waals surface area contributed by atoms with Crippen LogP contribution in [0.15, 0.2) is 23.1 Å². The third kappa shape index (κ3) is 3.72. The van der Waals surface area contributed by atoms with Gasteiger partial charge < -0.3 is 15.8 Å². The number of hydrogen-bond acceptors (Lipinski definition) is 5. The summed E-state index contributed by atoms with van der Waals surface area (Å²) in [7, 11) is -2.24. The Balaban J connectivity index is 1.86. The molecule has 0 radical (unpaired) electrons. The van der Waals surface area contributed by atoms with Gasteiger partial charge in [0.25, 0.3) is 5.91 Å². The number of benzene rings is 1. The molecule has 2 aliphatic rings. The van der Waals surface area contributed by atoms with E-state index < -0.39 is 10.0 Å². The van der Waals surface area contributed by atoms with Gasteiger partial charge in [0.15, 0.2) is 0 Å². The molecular formula is C18H27N3O4S. The van der Waals surface area contributed by atoms with E-state index in [9.17, 15) is 13.2 Å². The lowest BCUT2D eigenvalue weighted by molar-refractivity contribution is 0.0928. The highest BCUT2D eigenvalue weighted by molar-refractivity contribution is 7.89. The second-order valence-corrected chi connectivity index (χ2v) is 8.89. The first-order valence-electron chi connectivity index (χ1n) is 9.16. The molecule has 1 saturated carbocycles. The molecule has 3 rings (SSSR count). The third-order valence-electron chi connectivity index (χ3n) is 5.39. The van der Waals surface area contributed by atoms with Gasteiger partial charge in [0.05, 0.1) is 7.11 Å². The molecule has 0 spiro atoms. The number of nitrogens with zero attached hydrogens (tertiary/aromatic N) is 1. The summed E-state index contributed by atoms with van der Waals surface area (Å²) in [5, 5.41) is 3.01. The summed E-state index contributed by atoms with van der Waals surface area (Å²) in [4.78, 5) is 12.7. The average Bonchev–Trinajstić information content (AvgIpc) is 3.33.